The molecule has 0 aliphatic rings. The van der Waals surface area contributed by atoms with E-state index in [-0.39, 0.29) is 0 Å². The first-order valence-corrected chi connectivity index (χ1v) is 10.1. The zero-order chi connectivity index (χ0) is 18.6. The standard InChI is InChI=1S/C23H26BrNO/c1-2-3-4-5-6-7-16-26-23-14-8-19(9-15-23)17-21(18-25)20-10-12-22(24)13-11-20/h8-15,17H,2-7,16H2,1H3/b21-17+. The third kappa shape index (κ3) is 7.06. The van der Waals surface area contributed by atoms with Gasteiger partial charge in [0.25, 0.3) is 0 Å². The van der Waals surface area contributed by atoms with Gasteiger partial charge in [-0.05, 0) is 47.9 Å². The Hall–Kier alpha value is -2.05. The highest BCUT2D eigenvalue weighted by molar-refractivity contribution is 9.10. The number of halogens is 1. The maximum absolute atomic E-state index is 9.43. The monoisotopic (exact) mass is 411 g/mol. The highest BCUT2D eigenvalue weighted by Gasteiger charge is 2.02. The second-order valence-corrected chi connectivity index (χ2v) is 7.28. The first kappa shape index (κ1) is 20.3. The molecule has 0 unspecified atom stereocenters. The molecule has 0 aliphatic carbocycles. The highest BCUT2D eigenvalue weighted by atomic mass is 79.9. The average molecular weight is 412 g/mol. The first-order chi connectivity index (χ1) is 12.7. The fourth-order valence-corrected chi connectivity index (χ4v) is 2.97. The van der Waals surface area contributed by atoms with Gasteiger partial charge in [-0.3, -0.25) is 0 Å². The predicted molar refractivity (Wildman–Crippen MR) is 113 cm³/mol. The lowest BCUT2D eigenvalue weighted by Crippen LogP contribution is -1.97. The van der Waals surface area contributed by atoms with Crippen LogP contribution in [0.5, 0.6) is 5.75 Å². The van der Waals surface area contributed by atoms with Crippen molar-refractivity contribution in [2.75, 3.05) is 6.61 Å². The minimum atomic E-state index is 0.651. The molecule has 136 valence electrons. The van der Waals surface area contributed by atoms with Gasteiger partial charge in [-0.2, -0.15) is 5.26 Å². The van der Waals surface area contributed by atoms with Crippen LogP contribution in [-0.4, -0.2) is 6.61 Å². The number of benzene rings is 2. The second-order valence-electron chi connectivity index (χ2n) is 6.36. The van der Waals surface area contributed by atoms with Gasteiger partial charge in [-0.1, -0.05) is 79.2 Å². The molecule has 0 heterocycles. The fourth-order valence-electron chi connectivity index (χ4n) is 2.71. The van der Waals surface area contributed by atoms with Crippen molar-refractivity contribution in [2.45, 2.75) is 45.4 Å². The predicted octanol–water partition coefficient (Wildman–Crippen LogP) is 7.25. The Labute approximate surface area is 165 Å². The number of hydrogen-bond donors (Lipinski definition) is 0. The van der Waals surface area contributed by atoms with Crippen LogP contribution >= 0.6 is 15.9 Å². The van der Waals surface area contributed by atoms with E-state index in [1.54, 1.807) is 0 Å². The van der Waals surface area contributed by atoms with Crippen LogP contribution in [0.2, 0.25) is 0 Å². The van der Waals surface area contributed by atoms with Gasteiger partial charge in [0, 0.05) is 4.47 Å². The van der Waals surface area contributed by atoms with Crippen LogP contribution in [0.4, 0.5) is 0 Å². The molecular weight excluding hydrogens is 386 g/mol. The van der Waals surface area contributed by atoms with Gasteiger partial charge in [0.05, 0.1) is 18.2 Å². The highest BCUT2D eigenvalue weighted by Crippen LogP contribution is 2.21. The molecule has 2 rings (SSSR count). The van der Waals surface area contributed by atoms with Crippen molar-refractivity contribution in [3.8, 4) is 11.8 Å². The van der Waals surface area contributed by atoms with E-state index in [2.05, 4.69) is 28.9 Å². The number of unbranched alkanes of at least 4 members (excludes halogenated alkanes) is 5. The van der Waals surface area contributed by atoms with Crippen molar-refractivity contribution in [3.05, 3.63) is 64.1 Å². The van der Waals surface area contributed by atoms with E-state index in [1.807, 2.05) is 54.6 Å². The molecule has 0 atom stereocenters. The molecule has 0 spiro atoms. The van der Waals surface area contributed by atoms with E-state index < -0.39 is 0 Å². The van der Waals surface area contributed by atoms with Gasteiger partial charge in [-0.15, -0.1) is 0 Å². The number of allylic oxidation sites excluding steroid dienone is 1. The second kappa shape index (κ2) is 11.5. The Morgan fingerprint density at radius 2 is 1.62 bits per heavy atom. The molecule has 0 aromatic heterocycles. The van der Waals surface area contributed by atoms with Gasteiger partial charge in [0.15, 0.2) is 0 Å². The van der Waals surface area contributed by atoms with Crippen molar-refractivity contribution in [3.63, 3.8) is 0 Å². The van der Waals surface area contributed by atoms with Crippen LogP contribution in [0.25, 0.3) is 11.6 Å². The molecular formula is C23H26BrNO. The third-order valence-electron chi connectivity index (χ3n) is 4.23. The molecule has 0 bridgehead atoms. The smallest absolute Gasteiger partial charge is 0.119 e. The summed E-state index contributed by atoms with van der Waals surface area (Å²) in [5, 5.41) is 9.43. The third-order valence-corrected chi connectivity index (χ3v) is 4.76. The summed E-state index contributed by atoms with van der Waals surface area (Å²) in [6, 6.07) is 18.0. The van der Waals surface area contributed by atoms with Crippen molar-refractivity contribution in [1.29, 1.82) is 5.26 Å². The lowest BCUT2D eigenvalue weighted by atomic mass is 10.0. The molecule has 2 aromatic carbocycles. The maximum Gasteiger partial charge on any atom is 0.119 e. The molecule has 3 heteroatoms. The summed E-state index contributed by atoms with van der Waals surface area (Å²) in [4.78, 5) is 0. The van der Waals surface area contributed by atoms with Gasteiger partial charge in [-0.25, -0.2) is 0 Å². The molecule has 0 amide bonds. The number of rotatable bonds is 10. The van der Waals surface area contributed by atoms with Gasteiger partial charge in [0.1, 0.15) is 5.75 Å². The Kier molecular flexibility index (Phi) is 9.00. The summed E-state index contributed by atoms with van der Waals surface area (Å²) in [5.41, 5.74) is 2.56. The zero-order valence-electron chi connectivity index (χ0n) is 15.4. The summed E-state index contributed by atoms with van der Waals surface area (Å²) >= 11 is 3.42. The molecule has 0 N–H and O–H groups in total. The van der Waals surface area contributed by atoms with E-state index in [1.165, 1.54) is 32.1 Å². The molecule has 0 saturated heterocycles. The van der Waals surface area contributed by atoms with Gasteiger partial charge < -0.3 is 4.74 Å². The normalized spacial score (nSPS) is 11.2. The number of ether oxygens (including phenoxy) is 1. The number of hydrogen-bond acceptors (Lipinski definition) is 2. The SMILES string of the molecule is CCCCCCCCOc1ccc(/C=C(\C#N)c2ccc(Br)cc2)cc1. The Morgan fingerprint density at radius 3 is 2.27 bits per heavy atom. The van der Waals surface area contributed by atoms with Crippen LogP contribution in [-0.2, 0) is 0 Å². The van der Waals surface area contributed by atoms with Crippen LogP contribution in [0.15, 0.2) is 53.0 Å². The molecule has 0 fully saturated rings. The summed E-state index contributed by atoms with van der Waals surface area (Å²) in [6.07, 6.45) is 9.49. The van der Waals surface area contributed by atoms with E-state index >= 15 is 0 Å². The minimum Gasteiger partial charge on any atom is -0.494 e. The molecule has 26 heavy (non-hydrogen) atoms. The molecule has 0 radical (unpaired) electrons. The molecule has 2 aromatic rings. The molecule has 2 nitrogen and oxygen atoms in total. The topological polar surface area (TPSA) is 33.0 Å². The number of nitrogens with zero attached hydrogens (tertiary/aromatic N) is 1. The Morgan fingerprint density at radius 1 is 0.962 bits per heavy atom. The largest absolute Gasteiger partial charge is 0.494 e. The van der Waals surface area contributed by atoms with Crippen LogP contribution in [0, 0.1) is 11.3 Å². The van der Waals surface area contributed by atoms with Crippen molar-refractivity contribution in [2.24, 2.45) is 0 Å². The van der Waals surface area contributed by atoms with Gasteiger partial charge >= 0.3 is 0 Å². The van der Waals surface area contributed by atoms with Crippen LogP contribution in [0.3, 0.4) is 0 Å². The quantitative estimate of drug-likeness (QED) is 0.234. The van der Waals surface area contributed by atoms with Crippen molar-refractivity contribution in [1.82, 2.24) is 0 Å². The van der Waals surface area contributed by atoms with Crippen molar-refractivity contribution < 1.29 is 4.74 Å². The van der Waals surface area contributed by atoms with Crippen LogP contribution < -0.4 is 4.74 Å². The first-order valence-electron chi connectivity index (χ1n) is 9.33. The van der Waals surface area contributed by atoms with Gasteiger partial charge in [0.2, 0.25) is 0 Å². The van der Waals surface area contributed by atoms with E-state index in [9.17, 15) is 5.26 Å². The zero-order valence-corrected chi connectivity index (χ0v) is 17.0. The Balaban J connectivity index is 1.86. The van der Waals surface area contributed by atoms with E-state index in [4.69, 9.17) is 4.74 Å². The summed E-state index contributed by atoms with van der Waals surface area (Å²) in [6.45, 7) is 3.00. The van der Waals surface area contributed by atoms with Crippen LogP contribution in [0.1, 0.15) is 56.6 Å². The lowest BCUT2D eigenvalue weighted by molar-refractivity contribution is 0.304. The summed E-state index contributed by atoms with van der Waals surface area (Å²) < 4.78 is 6.81. The summed E-state index contributed by atoms with van der Waals surface area (Å²) in [7, 11) is 0. The van der Waals surface area contributed by atoms with E-state index in [0.29, 0.717) is 5.57 Å². The minimum absolute atomic E-state index is 0.651. The maximum atomic E-state index is 9.43. The molecule has 0 saturated carbocycles. The van der Waals surface area contributed by atoms with Crippen molar-refractivity contribution >= 4 is 27.6 Å². The molecule has 0 aliphatic heterocycles. The lowest BCUT2D eigenvalue weighted by Gasteiger charge is -2.07. The number of nitriles is 1. The average Bonchev–Trinajstić information content (AvgIpc) is 2.67. The fraction of sp³-hybridized carbons (Fsp3) is 0.348. The summed E-state index contributed by atoms with van der Waals surface area (Å²) in [5.74, 6) is 0.887. The Bertz CT molecular complexity index is 726. The van der Waals surface area contributed by atoms with E-state index in [0.717, 1.165) is 34.4 Å².